The summed E-state index contributed by atoms with van der Waals surface area (Å²) in [4.78, 5) is 39.9. The molecule has 2 aromatic rings. The number of fused-ring (bicyclic) bond motifs is 1. The molecule has 0 saturated heterocycles. The Bertz CT molecular complexity index is 1100. The van der Waals surface area contributed by atoms with E-state index in [1.807, 2.05) is 36.4 Å². The summed E-state index contributed by atoms with van der Waals surface area (Å²) in [6.45, 7) is 3.29. The maximum Gasteiger partial charge on any atom is 0.416 e. The van der Waals surface area contributed by atoms with Crippen molar-refractivity contribution < 1.29 is 28.6 Å². The van der Waals surface area contributed by atoms with Gasteiger partial charge in [0.1, 0.15) is 23.4 Å². The summed E-state index contributed by atoms with van der Waals surface area (Å²) in [6, 6.07) is 11.8. The molecule has 0 bridgehead atoms. The fourth-order valence-electron chi connectivity index (χ4n) is 5.66. The molecule has 1 unspecified atom stereocenters. The third-order valence-corrected chi connectivity index (χ3v) is 7.92. The first-order valence-electron chi connectivity index (χ1n) is 13.1. The number of hydrogen-bond acceptors (Lipinski definition) is 6. The summed E-state index contributed by atoms with van der Waals surface area (Å²) in [5, 5.41) is 2.07. The Morgan fingerprint density at radius 2 is 1.78 bits per heavy atom. The Labute approximate surface area is 213 Å². The van der Waals surface area contributed by atoms with Crippen molar-refractivity contribution in [2.24, 2.45) is 5.41 Å². The van der Waals surface area contributed by atoms with Gasteiger partial charge in [0.05, 0.1) is 7.11 Å². The van der Waals surface area contributed by atoms with Gasteiger partial charge in [-0.1, -0.05) is 37.1 Å². The lowest BCUT2D eigenvalue weighted by atomic mass is 9.81. The van der Waals surface area contributed by atoms with Crippen LogP contribution in [0.2, 0.25) is 0 Å². The summed E-state index contributed by atoms with van der Waals surface area (Å²) in [5.74, 6) is 0.100. The molecular weight excluding hydrogens is 458 g/mol. The van der Waals surface area contributed by atoms with Crippen LogP contribution >= 0.6 is 0 Å². The molecule has 2 aliphatic carbocycles. The van der Waals surface area contributed by atoms with Crippen molar-refractivity contribution in [3.8, 4) is 5.75 Å². The van der Waals surface area contributed by atoms with Crippen LogP contribution in [0.15, 0.2) is 36.4 Å². The molecule has 2 amide bonds. The maximum atomic E-state index is 13.2. The van der Waals surface area contributed by atoms with Crippen molar-refractivity contribution in [3.63, 3.8) is 0 Å². The number of esters is 1. The maximum absolute atomic E-state index is 13.2. The highest BCUT2D eigenvalue weighted by molar-refractivity contribution is 5.91. The standard InChI is InChI=1S/C29H37NO6/c1-20(29(16-6-7-17-29)27(32)36-24-11-4-5-12-24)35-28(33)30(21(2)31)18-15-23-10-8-9-22-13-14-25(34-3)19-26(22)23/h8-10,13-14,19-20,24H,4-7,11-12,15-18H2,1-3H3. The van der Waals surface area contributed by atoms with Gasteiger partial charge in [0.15, 0.2) is 0 Å². The van der Waals surface area contributed by atoms with Gasteiger partial charge in [-0.25, -0.2) is 9.69 Å². The Morgan fingerprint density at radius 1 is 1.06 bits per heavy atom. The molecule has 7 nitrogen and oxygen atoms in total. The quantitative estimate of drug-likeness (QED) is 0.430. The van der Waals surface area contributed by atoms with E-state index in [1.165, 1.54) is 6.92 Å². The van der Waals surface area contributed by atoms with Crippen LogP contribution in [0.3, 0.4) is 0 Å². The van der Waals surface area contributed by atoms with Gasteiger partial charge < -0.3 is 14.2 Å². The highest BCUT2D eigenvalue weighted by Crippen LogP contribution is 2.44. The van der Waals surface area contributed by atoms with Gasteiger partial charge in [-0.15, -0.1) is 0 Å². The van der Waals surface area contributed by atoms with Crippen LogP contribution in [-0.4, -0.2) is 48.7 Å². The number of ether oxygens (including phenoxy) is 3. The topological polar surface area (TPSA) is 82.1 Å². The molecule has 0 aromatic heterocycles. The van der Waals surface area contributed by atoms with Gasteiger partial charge >= 0.3 is 12.1 Å². The third kappa shape index (κ3) is 5.50. The zero-order chi connectivity index (χ0) is 25.7. The number of benzene rings is 2. The van der Waals surface area contributed by atoms with E-state index in [1.54, 1.807) is 14.0 Å². The second-order valence-corrected chi connectivity index (χ2v) is 10.1. The Kier molecular flexibility index (Phi) is 8.17. The van der Waals surface area contributed by atoms with Crippen molar-refractivity contribution in [2.75, 3.05) is 13.7 Å². The summed E-state index contributed by atoms with van der Waals surface area (Å²) in [7, 11) is 1.62. The van der Waals surface area contributed by atoms with E-state index in [4.69, 9.17) is 14.2 Å². The van der Waals surface area contributed by atoms with Crippen LogP contribution in [-0.2, 0) is 25.5 Å². The van der Waals surface area contributed by atoms with Gasteiger partial charge in [0.2, 0.25) is 5.91 Å². The molecule has 0 heterocycles. The van der Waals surface area contributed by atoms with Gasteiger partial charge in [0, 0.05) is 13.5 Å². The van der Waals surface area contributed by atoms with Crippen LogP contribution < -0.4 is 4.74 Å². The average molecular weight is 496 g/mol. The van der Waals surface area contributed by atoms with E-state index < -0.39 is 17.6 Å². The van der Waals surface area contributed by atoms with E-state index in [9.17, 15) is 14.4 Å². The molecule has 194 valence electrons. The summed E-state index contributed by atoms with van der Waals surface area (Å²) >= 11 is 0. The second-order valence-electron chi connectivity index (χ2n) is 10.1. The fourth-order valence-corrected chi connectivity index (χ4v) is 5.66. The highest BCUT2D eigenvalue weighted by atomic mass is 16.6. The van der Waals surface area contributed by atoms with Gasteiger partial charge in [-0.05, 0) is 80.3 Å². The number of imide groups is 1. The summed E-state index contributed by atoms with van der Waals surface area (Å²) < 4.78 is 17.0. The smallest absolute Gasteiger partial charge is 0.416 e. The number of methoxy groups -OCH3 is 1. The van der Waals surface area contributed by atoms with E-state index in [0.29, 0.717) is 19.3 Å². The molecule has 0 aliphatic heterocycles. The number of nitrogens with zero attached hydrogens (tertiary/aromatic N) is 1. The summed E-state index contributed by atoms with van der Waals surface area (Å²) in [6.07, 6.45) is 6.04. The van der Waals surface area contributed by atoms with Crippen molar-refractivity contribution in [2.45, 2.75) is 83.8 Å². The van der Waals surface area contributed by atoms with Crippen LogP contribution in [0.1, 0.15) is 70.8 Å². The number of carbonyl (C=O) groups excluding carboxylic acids is 3. The first-order chi connectivity index (χ1) is 17.3. The lowest BCUT2D eigenvalue weighted by Gasteiger charge is -2.34. The van der Waals surface area contributed by atoms with Gasteiger partial charge in [-0.2, -0.15) is 0 Å². The lowest BCUT2D eigenvalue weighted by Crippen LogP contribution is -2.46. The SMILES string of the molecule is COc1ccc2cccc(CCN(C(C)=O)C(=O)OC(C)C3(C(=O)OC4CCCC4)CCCC3)c2c1. The Balaban J connectivity index is 1.45. The van der Waals surface area contributed by atoms with Crippen LogP contribution in [0.5, 0.6) is 5.75 Å². The Hall–Kier alpha value is -3.09. The van der Waals surface area contributed by atoms with E-state index >= 15 is 0 Å². The van der Waals surface area contributed by atoms with E-state index in [0.717, 1.165) is 65.5 Å². The van der Waals surface area contributed by atoms with E-state index in [-0.39, 0.29) is 24.5 Å². The normalized spacial score (nSPS) is 18.1. The molecule has 0 radical (unpaired) electrons. The second kappa shape index (κ2) is 11.3. The Morgan fingerprint density at radius 3 is 2.44 bits per heavy atom. The first kappa shape index (κ1) is 26.0. The van der Waals surface area contributed by atoms with E-state index in [2.05, 4.69) is 0 Å². The minimum Gasteiger partial charge on any atom is -0.497 e. The molecule has 0 spiro atoms. The molecule has 7 heteroatoms. The fraction of sp³-hybridized carbons (Fsp3) is 0.552. The van der Waals surface area contributed by atoms with Gasteiger partial charge in [-0.3, -0.25) is 9.59 Å². The predicted molar refractivity (Wildman–Crippen MR) is 137 cm³/mol. The van der Waals surface area contributed by atoms with Crippen molar-refractivity contribution >= 4 is 28.7 Å². The summed E-state index contributed by atoms with van der Waals surface area (Å²) in [5.41, 5.74) is 0.165. The third-order valence-electron chi connectivity index (χ3n) is 7.92. The van der Waals surface area contributed by atoms with Crippen LogP contribution in [0.4, 0.5) is 4.79 Å². The largest absolute Gasteiger partial charge is 0.497 e. The number of amides is 2. The van der Waals surface area contributed by atoms with Gasteiger partial charge in [0.25, 0.3) is 0 Å². The van der Waals surface area contributed by atoms with Crippen LogP contribution in [0, 0.1) is 5.41 Å². The molecule has 1 atom stereocenters. The molecule has 2 saturated carbocycles. The molecule has 4 rings (SSSR count). The average Bonchev–Trinajstić information content (AvgIpc) is 3.57. The molecule has 0 N–H and O–H groups in total. The zero-order valence-corrected chi connectivity index (χ0v) is 21.6. The highest BCUT2D eigenvalue weighted by Gasteiger charge is 2.50. The minimum atomic E-state index is -0.840. The number of rotatable bonds is 8. The molecular formula is C29H37NO6. The zero-order valence-electron chi connectivity index (χ0n) is 21.6. The molecule has 2 aliphatic rings. The number of carbonyl (C=O) groups is 3. The van der Waals surface area contributed by atoms with Crippen molar-refractivity contribution in [3.05, 3.63) is 42.0 Å². The van der Waals surface area contributed by atoms with Crippen molar-refractivity contribution in [1.82, 2.24) is 4.90 Å². The van der Waals surface area contributed by atoms with Crippen molar-refractivity contribution in [1.29, 1.82) is 0 Å². The molecule has 2 fully saturated rings. The number of hydrogen-bond donors (Lipinski definition) is 0. The monoisotopic (exact) mass is 495 g/mol. The predicted octanol–water partition coefficient (Wildman–Crippen LogP) is 5.81. The molecule has 36 heavy (non-hydrogen) atoms. The van der Waals surface area contributed by atoms with Crippen LogP contribution in [0.25, 0.3) is 10.8 Å². The minimum absolute atomic E-state index is 0.0362. The first-order valence-corrected chi connectivity index (χ1v) is 13.1. The molecule has 2 aromatic carbocycles. The lowest BCUT2D eigenvalue weighted by molar-refractivity contribution is -0.168.